The van der Waals surface area contributed by atoms with Gasteiger partial charge in [-0.2, -0.15) is 0 Å². The minimum atomic E-state index is -0.900. The van der Waals surface area contributed by atoms with E-state index in [4.69, 9.17) is 16.6 Å². The molecule has 1 atom stereocenters. The smallest absolute Gasteiger partial charge is 0.304 e. The van der Waals surface area contributed by atoms with Crippen LogP contribution in [0.5, 0.6) is 0 Å². The standard InChI is InChI=1S/C4H10N2O2.2ClH/c5-2-3(6)1-4(7)8;;/h3H,1-2,5-6H2,(H,7,8);2*1H/t3-;;/m0../s1. The fraction of sp³-hybridized carbons (Fsp3) is 0.750. The molecule has 0 fully saturated rings. The molecule has 64 valence electrons. The lowest BCUT2D eigenvalue weighted by Gasteiger charge is -2.01. The predicted molar refractivity (Wildman–Crippen MR) is 43.8 cm³/mol. The largest absolute Gasteiger partial charge is 0.481 e. The van der Waals surface area contributed by atoms with E-state index in [-0.39, 0.29) is 37.8 Å². The number of carbonyl (C=O) groups is 1. The molecule has 6 heteroatoms. The van der Waals surface area contributed by atoms with Crippen LogP contribution in [0.25, 0.3) is 0 Å². The van der Waals surface area contributed by atoms with Crippen molar-refractivity contribution in [1.29, 1.82) is 0 Å². The molecule has 0 unspecified atom stereocenters. The third-order valence-corrected chi connectivity index (χ3v) is 0.740. The van der Waals surface area contributed by atoms with Crippen LogP contribution in [0.1, 0.15) is 6.42 Å². The maximum atomic E-state index is 9.83. The third kappa shape index (κ3) is 10.9. The minimum absolute atomic E-state index is 0. The Morgan fingerprint density at radius 3 is 2.00 bits per heavy atom. The van der Waals surface area contributed by atoms with Gasteiger partial charge in [0.15, 0.2) is 0 Å². The summed E-state index contributed by atoms with van der Waals surface area (Å²) in [5.41, 5.74) is 10.2. The SMILES string of the molecule is Cl.Cl.NC[C@@H](N)CC(=O)O. The maximum Gasteiger partial charge on any atom is 0.304 e. The van der Waals surface area contributed by atoms with Crippen LogP contribution in [0, 0.1) is 0 Å². The van der Waals surface area contributed by atoms with E-state index in [1.807, 2.05) is 0 Å². The van der Waals surface area contributed by atoms with Crippen molar-refractivity contribution in [1.82, 2.24) is 0 Å². The van der Waals surface area contributed by atoms with Gasteiger partial charge in [-0.05, 0) is 0 Å². The first-order valence-electron chi connectivity index (χ1n) is 2.34. The molecule has 0 aliphatic rings. The van der Waals surface area contributed by atoms with Crippen LogP contribution >= 0.6 is 24.8 Å². The lowest BCUT2D eigenvalue weighted by atomic mass is 10.2. The van der Waals surface area contributed by atoms with E-state index in [0.717, 1.165) is 0 Å². The Morgan fingerprint density at radius 1 is 1.50 bits per heavy atom. The highest BCUT2D eigenvalue weighted by Crippen LogP contribution is 1.82. The normalized spacial score (nSPS) is 10.6. The summed E-state index contributed by atoms with van der Waals surface area (Å²) in [4.78, 5) is 9.83. The molecule has 0 heterocycles. The van der Waals surface area contributed by atoms with Crippen molar-refractivity contribution in [2.75, 3.05) is 6.54 Å². The molecule has 0 amide bonds. The lowest BCUT2D eigenvalue weighted by Crippen LogP contribution is -2.31. The van der Waals surface area contributed by atoms with Gasteiger partial charge in [0.25, 0.3) is 0 Å². The Morgan fingerprint density at radius 2 is 1.90 bits per heavy atom. The molecule has 0 aromatic carbocycles. The second-order valence-electron chi connectivity index (χ2n) is 1.59. The molecule has 0 aliphatic carbocycles. The maximum absolute atomic E-state index is 9.83. The molecule has 0 bridgehead atoms. The number of hydrogen-bond donors (Lipinski definition) is 3. The van der Waals surface area contributed by atoms with Gasteiger partial charge >= 0.3 is 5.97 Å². The minimum Gasteiger partial charge on any atom is -0.481 e. The summed E-state index contributed by atoms with van der Waals surface area (Å²) >= 11 is 0. The van der Waals surface area contributed by atoms with Crippen molar-refractivity contribution in [3.05, 3.63) is 0 Å². The average molecular weight is 191 g/mol. The van der Waals surface area contributed by atoms with Crippen molar-refractivity contribution in [2.24, 2.45) is 11.5 Å². The summed E-state index contributed by atoms with van der Waals surface area (Å²) in [5.74, 6) is -0.900. The molecule has 0 saturated carbocycles. The van der Waals surface area contributed by atoms with E-state index >= 15 is 0 Å². The molecule has 0 radical (unpaired) electrons. The van der Waals surface area contributed by atoms with Crippen molar-refractivity contribution >= 4 is 30.8 Å². The van der Waals surface area contributed by atoms with Crippen molar-refractivity contribution < 1.29 is 9.90 Å². The fourth-order valence-electron chi connectivity index (χ4n) is 0.308. The number of hydrogen-bond acceptors (Lipinski definition) is 3. The van der Waals surface area contributed by atoms with Gasteiger partial charge in [-0.15, -0.1) is 24.8 Å². The summed E-state index contributed by atoms with van der Waals surface area (Å²) in [5, 5.41) is 8.08. The summed E-state index contributed by atoms with van der Waals surface area (Å²) in [6.45, 7) is 0.228. The van der Waals surface area contributed by atoms with Gasteiger partial charge in [-0.25, -0.2) is 0 Å². The van der Waals surface area contributed by atoms with Crippen molar-refractivity contribution in [3.8, 4) is 0 Å². The van der Waals surface area contributed by atoms with Crippen LogP contribution in [0.3, 0.4) is 0 Å². The number of halogens is 2. The molecule has 0 aromatic heterocycles. The first-order chi connectivity index (χ1) is 3.66. The van der Waals surface area contributed by atoms with Gasteiger partial charge in [0.05, 0.1) is 6.42 Å². The van der Waals surface area contributed by atoms with Gasteiger partial charge in [-0.3, -0.25) is 4.79 Å². The highest BCUT2D eigenvalue weighted by molar-refractivity contribution is 5.85. The zero-order valence-electron chi connectivity index (χ0n) is 5.32. The quantitative estimate of drug-likeness (QED) is 0.565. The first-order valence-corrected chi connectivity index (χ1v) is 2.34. The van der Waals surface area contributed by atoms with Crippen LogP contribution in [-0.2, 0) is 4.79 Å². The summed E-state index contributed by atoms with van der Waals surface area (Å²) in [6, 6.07) is -0.396. The number of aliphatic carboxylic acids is 1. The number of carboxylic acids is 1. The summed E-state index contributed by atoms with van der Waals surface area (Å²) < 4.78 is 0. The summed E-state index contributed by atoms with van der Waals surface area (Å²) in [7, 11) is 0. The van der Waals surface area contributed by atoms with E-state index in [1.54, 1.807) is 0 Å². The monoisotopic (exact) mass is 190 g/mol. The highest BCUT2D eigenvalue weighted by Gasteiger charge is 2.03. The molecule has 4 nitrogen and oxygen atoms in total. The van der Waals surface area contributed by atoms with Crippen LogP contribution < -0.4 is 11.5 Å². The zero-order chi connectivity index (χ0) is 6.57. The zero-order valence-corrected chi connectivity index (χ0v) is 6.95. The first kappa shape index (κ1) is 16.5. The van der Waals surface area contributed by atoms with Crippen molar-refractivity contribution in [3.63, 3.8) is 0 Å². The molecular weight excluding hydrogens is 179 g/mol. The van der Waals surface area contributed by atoms with E-state index in [9.17, 15) is 4.79 Å². The Bertz CT molecular complexity index is 91.3. The Labute approximate surface area is 71.8 Å². The molecule has 0 aromatic rings. The third-order valence-electron chi connectivity index (χ3n) is 0.740. The second-order valence-corrected chi connectivity index (χ2v) is 1.59. The molecule has 0 spiro atoms. The second kappa shape index (κ2) is 8.97. The van der Waals surface area contributed by atoms with Gasteiger partial charge in [-0.1, -0.05) is 0 Å². The molecule has 0 rings (SSSR count). The van der Waals surface area contributed by atoms with Gasteiger partial charge in [0, 0.05) is 12.6 Å². The van der Waals surface area contributed by atoms with Crippen LogP contribution in [0.2, 0.25) is 0 Å². The lowest BCUT2D eigenvalue weighted by molar-refractivity contribution is -0.137. The molecule has 10 heavy (non-hydrogen) atoms. The van der Waals surface area contributed by atoms with Crippen LogP contribution in [0.4, 0.5) is 0 Å². The van der Waals surface area contributed by atoms with Gasteiger partial charge < -0.3 is 16.6 Å². The molecular formula is C4H12Cl2N2O2. The number of nitrogens with two attached hydrogens (primary N) is 2. The van der Waals surface area contributed by atoms with Crippen LogP contribution in [0.15, 0.2) is 0 Å². The van der Waals surface area contributed by atoms with E-state index < -0.39 is 12.0 Å². The molecule has 0 aliphatic heterocycles. The van der Waals surface area contributed by atoms with Gasteiger partial charge in [0.2, 0.25) is 0 Å². The Kier molecular flexibility index (Phi) is 14.8. The molecule has 0 saturated heterocycles. The van der Waals surface area contributed by atoms with Crippen molar-refractivity contribution in [2.45, 2.75) is 12.5 Å². The predicted octanol–water partition coefficient (Wildman–Crippen LogP) is -0.409. The fourth-order valence-corrected chi connectivity index (χ4v) is 0.308. The molecule has 5 N–H and O–H groups in total. The number of rotatable bonds is 3. The highest BCUT2D eigenvalue weighted by atomic mass is 35.5. The van der Waals surface area contributed by atoms with Gasteiger partial charge in [0.1, 0.15) is 0 Å². The van der Waals surface area contributed by atoms with E-state index in [1.165, 1.54) is 0 Å². The average Bonchev–Trinajstić information content (AvgIpc) is 1.65. The van der Waals surface area contributed by atoms with E-state index in [0.29, 0.717) is 0 Å². The number of carboxylic acid groups (broad SMARTS) is 1. The topological polar surface area (TPSA) is 89.3 Å². The Hall–Kier alpha value is -0.0300. The summed E-state index contributed by atoms with van der Waals surface area (Å²) in [6.07, 6.45) is -0.0451. The Balaban J connectivity index is -0.000000245. The van der Waals surface area contributed by atoms with Crippen LogP contribution in [-0.4, -0.2) is 23.7 Å². The van der Waals surface area contributed by atoms with E-state index in [2.05, 4.69) is 0 Å².